The summed E-state index contributed by atoms with van der Waals surface area (Å²) in [6.07, 6.45) is 2.04. The van der Waals surface area contributed by atoms with Crippen LogP contribution in [0.5, 0.6) is 0 Å². The first-order valence-corrected chi connectivity index (χ1v) is 8.17. The molecule has 2 bridgehead atoms. The maximum absolute atomic E-state index is 12.2. The smallest absolute Gasteiger partial charge is 0.410 e. The number of carbonyl (C=O) groups is 2. The summed E-state index contributed by atoms with van der Waals surface area (Å²) < 4.78 is 15.8. The summed E-state index contributed by atoms with van der Waals surface area (Å²) >= 11 is 0. The summed E-state index contributed by atoms with van der Waals surface area (Å²) in [6, 6.07) is 0.546. The minimum Gasteiger partial charge on any atom is -0.460 e. The molecule has 132 valence electrons. The Morgan fingerprint density at radius 1 is 1.33 bits per heavy atom. The van der Waals surface area contributed by atoms with E-state index in [0.29, 0.717) is 19.1 Å². The minimum absolute atomic E-state index is 0.0801. The molecule has 0 N–H and O–H groups in total. The van der Waals surface area contributed by atoms with Crippen molar-refractivity contribution in [3.8, 4) is 0 Å². The van der Waals surface area contributed by atoms with Gasteiger partial charge in [-0.3, -0.25) is 4.90 Å². The lowest BCUT2D eigenvalue weighted by Crippen LogP contribution is -2.70. The van der Waals surface area contributed by atoms with Crippen LogP contribution in [0.1, 0.15) is 44.7 Å². The van der Waals surface area contributed by atoms with Crippen LogP contribution in [0.15, 0.2) is 10.6 Å². The van der Waals surface area contributed by atoms with Crippen LogP contribution in [0, 0.1) is 0 Å². The fourth-order valence-electron chi connectivity index (χ4n) is 3.09. The van der Waals surface area contributed by atoms with Crippen molar-refractivity contribution in [1.82, 2.24) is 9.88 Å². The van der Waals surface area contributed by atoms with E-state index in [-0.39, 0.29) is 30.5 Å². The third kappa shape index (κ3) is 3.18. The first kappa shape index (κ1) is 16.6. The molecule has 3 aliphatic heterocycles. The molecule has 0 aliphatic carbocycles. The Hall–Kier alpha value is -2.25. The van der Waals surface area contributed by atoms with E-state index in [9.17, 15) is 9.59 Å². The molecule has 8 heteroatoms. The quantitative estimate of drug-likeness (QED) is 0.780. The van der Waals surface area contributed by atoms with Gasteiger partial charge in [-0.15, -0.1) is 0 Å². The fourth-order valence-corrected chi connectivity index (χ4v) is 3.09. The molecule has 1 aromatic heterocycles. The normalized spacial score (nSPS) is 22.8. The summed E-state index contributed by atoms with van der Waals surface area (Å²) in [5.41, 5.74) is -0.502. The van der Waals surface area contributed by atoms with Crippen molar-refractivity contribution in [2.75, 3.05) is 24.6 Å². The molecule has 3 aliphatic rings. The number of esters is 1. The Bertz CT molecular complexity index is 624. The van der Waals surface area contributed by atoms with E-state index >= 15 is 0 Å². The summed E-state index contributed by atoms with van der Waals surface area (Å²) in [4.78, 5) is 31.8. The first-order valence-electron chi connectivity index (χ1n) is 8.17. The number of rotatable bonds is 3. The largest absolute Gasteiger partial charge is 0.460 e. The van der Waals surface area contributed by atoms with E-state index in [1.807, 2.05) is 25.7 Å². The van der Waals surface area contributed by atoms with Crippen molar-refractivity contribution in [3.05, 3.63) is 12.0 Å². The minimum atomic E-state index is -0.520. The molecule has 4 heterocycles. The Labute approximate surface area is 140 Å². The average Bonchev–Trinajstić information content (AvgIpc) is 2.95. The summed E-state index contributed by atoms with van der Waals surface area (Å²) in [6.45, 7) is 8.81. The second kappa shape index (κ2) is 5.99. The van der Waals surface area contributed by atoms with Crippen LogP contribution in [0.25, 0.3) is 0 Å². The number of nitrogens with zero attached hydrogens (tertiary/aromatic N) is 3. The highest BCUT2D eigenvalue weighted by atomic mass is 16.6. The maximum Gasteiger partial charge on any atom is 0.410 e. The van der Waals surface area contributed by atoms with Gasteiger partial charge >= 0.3 is 12.1 Å². The van der Waals surface area contributed by atoms with E-state index in [1.54, 1.807) is 11.8 Å². The van der Waals surface area contributed by atoms with Crippen LogP contribution < -0.4 is 4.90 Å². The van der Waals surface area contributed by atoms with E-state index < -0.39 is 11.6 Å². The summed E-state index contributed by atoms with van der Waals surface area (Å²) in [5.74, 6) is -0.427. The molecule has 4 rings (SSSR count). The number of amides is 1. The molecule has 24 heavy (non-hydrogen) atoms. The van der Waals surface area contributed by atoms with Crippen molar-refractivity contribution in [3.63, 3.8) is 0 Å². The van der Waals surface area contributed by atoms with Crippen molar-refractivity contribution < 1.29 is 23.5 Å². The third-order valence-corrected chi connectivity index (χ3v) is 4.04. The van der Waals surface area contributed by atoms with E-state index in [4.69, 9.17) is 13.9 Å². The summed E-state index contributed by atoms with van der Waals surface area (Å²) in [7, 11) is 0. The highest BCUT2D eigenvalue weighted by Crippen LogP contribution is 2.35. The van der Waals surface area contributed by atoms with Crippen LogP contribution in [-0.2, 0) is 9.47 Å². The SMILES string of the molecule is CCOC(=O)c1cnc(N2CC3CC(C2)N3C(=O)OC(C)(C)C)o1. The van der Waals surface area contributed by atoms with Gasteiger partial charge in [0.1, 0.15) is 5.60 Å². The summed E-state index contributed by atoms with van der Waals surface area (Å²) in [5, 5.41) is 0. The second-order valence-electron chi connectivity index (χ2n) is 7.06. The monoisotopic (exact) mass is 337 g/mol. The van der Waals surface area contributed by atoms with Crippen LogP contribution in [0.4, 0.5) is 10.8 Å². The van der Waals surface area contributed by atoms with Crippen LogP contribution >= 0.6 is 0 Å². The molecule has 2 unspecified atom stereocenters. The molecule has 0 aromatic carbocycles. The number of oxazole rings is 1. The Balaban J connectivity index is 1.61. The first-order chi connectivity index (χ1) is 11.3. The van der Waals surface area contributed by atoms with Gasteiger partial charge in [0.2, 0.25) is 5.76 Å². The lowest BCUT2D eigenvalue weighted by Gasteiger charge is -2.55. The Kier molecular flexibility index (Phi) is 4.15. The van der Waals surface area contributed by atoms with Gasteiger partial charge in [-0.05, 0) is 34.1 Å². The van der Waals surface area contributed by atoms with E-state index in [0.717, 1.165) is 6.42 Å². The number of piperazine rings is 1. The van der Waals surface area contributed by atoms with Gasteiger partial charge in [-0.25, -0.2) is 14.6 Å². The van der Waals surface area contributed by atoms with E-state index in [1.165, 1.54) is 6.20 Å². The number of ether oxygens (including phenoxy) is 2. The van der Waals surface area contributed by atoms with Gasteiger partial charge in [0.25, 0.3) is 6.01 Å². The van der Waals surface area contributed by atoms with Gasteiger partial charge in [-0.1, -0.05) is 0 Å². The van der Waals surface area contributed by atoms with Crippen molar-refractivity contribution in [2.45, 2.75) is 51.8 Å². The van der Waals surface area contributed by atoms with Gasteiger partial charge in [0, 0.05) is 13.1 Å². The zero-order chi connectivity index (χ0) is 17.5. The predicted octanol–water partition coefficient (Wildman–Crippen LogP) is 2.05. The van der Waals surface area contributed by atoms with Crippen molar-refractivity contribution >= 4 is 18.1 Å². The maximum atomic E-state index is 12.2. The number of hydrogen-bond acceptors (Lipinski definition) is 7. The molecule has 1 aromatic rings. The zero-order valence-corrected chi connectivity index (χ0v) is 14.4. The lowest BCUT2D eigenvalue weighted by molar-refractivity contribution is -0.0386. The fraction of sp³-hybridized carbons (Fsp3) is 0.688. The van der Waals surface area contributed by atoms with Crippen molar-refractivity contribution in [2.24, 2.45) is 0 Å². The molecule has 8 nitrogen and oxygen atoms in total. The highest BCUT2D eigenvalue weighted by molar-refractivity contribution is 5.86. The molecule has 1 amide bonds. The number of carbonyl (C=O) groups excluding carboxylic acids is 2. The van der Waals surface area contributed by atoms with Gasteiger partial charge in [0.15, 0.2) is 0 Å². The Morgan fingerprint density at radius 2 is 2.00 bits per heavy atom. The van der Waals surface area contributed by atoms with E-state index in [2.05, 4.69) is 4.98 Å². The average molecular weight is 337 g/mol. The Morgan fingerprint density at radius 3 is 2.58 bits per heavy atom. The van der Waals surface area contributed by atoms with Gasteiger partial charge < -0.3 is 18.8 Å². The second-order valence-corrected chi connectivity index (χ2v) is 7.06. The van der Waals surface area contributed by atoms with Crippen LogP contribution in [0.2, 0.25) is 0 Å². The molecular formula is C16H23N3O5. The molecule has 0 spiro atoms. The number of anilines is 1. The van der Waals surface area contributed by atoms with Crippen LogP contribution in [-0.4, -0.2) is 59.3 Å². The molecule has 3 fully saturated rings. The number of hydrogen-bond donors (Lipinski definition) is 0. The lowest BCUT2D eigenvalue weighted by atomic mass is 9.88. The van der Waals surface area contributed by atoms with Crippen LogP contribution in [0.3, 0.4) is 0 Å². The predicted molar refractivity (Wildman–Crippen MR) is 84.9 cm³/mol. The van der Waals surface area contributed by atoms with Gasteiger partial charge in [0.05, 0.1) is 24.9 Å². The molecule has 0 radical (unpaired) electrons. The number of piperidine rings is 1. The van der Waals surface area contributed by atoms with Crippen molar-refractivity contribution in [1.29, 1.82) is 0 Å². The number of aromatic nitrogens is 1. The highest BCUT2D eigenvalue weighted by Gasteiger charge is 2.49. The molecule has 0 saturated carbocycles. The molecular weight excluding hydrogens is 314 g/mol. The standard InChI is InChI=1S/C16H23N3O5/c1-5-22-13(20)12-7-17-14(23-12)18-8-10-6-11(9-18)19(10)15(21)24-16(2,3)4/h7,10-11H,5-6,8-9H2,1-4H3. The third-order valence-electron chi connectivity index (χ3n) is 4.04. The molecule has 3 saturated heterocycles. The number of fused-ring (bicyclic) bond motifs is 2. The topological polar surface area (TPSA) is 85.1 Å². The molecule has 2 atom stereocenters. The zero-order valence-electron chi connectivity index (χ0n) is 14.4. The van der Waals surface area contributed by atoms with Gasteiger partial charge in [-0.2, -0.15) is 0 Å².